The highest BCUT2D eigenvalue weighted by atomic mass is 32.2. The van der Waals surface area contributed by atoms with Crippen LogP contribution in [0.5, 0.6) is 5.75 Å². The quantitative estimate of drug-likeness (QED) is 0.613. The van der Waals surface area contributed by atoms with Crippen LogP contribution in [0.1, 0.15) is 17.3 Å². The number of thioether (sulfide) groups is 1. The summed E-state index contributed by atoms with van der Waals surface area (Å²) >= 11 is 1.23. The van der Waals surface area contributed by atoms with E-state index in [9.17, 15) is 19.5 Å². The van der Waals surface area contributed by atoms with Crippen molar-refractivity contribution in [3.05, 3.63) is 40.9 Å². The topological polar surface area (TPSA) is 93.1 Å². The van der Waals surface area contributed by atoms with Crippen molar-refractivity contribution in [2.75, 3.05) is 25.5 Å². The largest absolute Gasteiger partial charge is 0.507 e. The van der Waals surface area contributed by atoms with Crippen LogP contribution in [0.2, 0.25) is 0 Å². The summed E-state index contributed by atoms with van der Waals surface area (Å²) in [6, 6.07) is 6.04. The number of para-hydroxylation sites is 1. The van der Waals surface area contributed by atoms with Gasteiger partial charge in [-0.1, -0.05) is 23.9 Å². The van der Waals surface area contributed by atoms with Crippen molar-refractivity contribution in [2.24, 2.45) is 0 Å². The zero-order valence-electron chi connectivity index (χ0n) is 13.1. The minimum Gasteiger partial charge on any atom is -0.507 e. The number of rotatable bonds is 6. The maximum Gasteiger partial charge on any atom is 0.341 e. The molecule has 1 N–H and O–H groups in total. The highest BCUT2D eigenvalue weighted by Crippen LogP contribution is 2.28. The van der Waals surface area contributed by atoms with Crippen LogP contribution in [-0.4, -0.2) is 53.4 Å². The van der Waals surface area contributed by atoms with Gasteiger partial charge in [0.15, 0.2) is 0 Å². The SMILES string of the molecule is CCOC(=O)/C=C1\SCC(=O)N1CCOC(=O)c1ccccc1O. The molecule has 128 valence electrons. The van der Waals surface area contributed by atoms with Gasteiger partial charge in [-0.3, -0.25) is 4.79 Å². The summed E-state index contributed by atoms with van der Waals surface area (Å²) in [7, 11) is 0. The number of ether oxygens (including phenoxy) is 2. The first-order valence-corrected chi connectivity index (χ1v) is 8.28. The molecule has 0 unspecified atom stereocenters. The van der Waals surface area contributed by atoms with Crippen LogP contribution in [0, 0.1) is 0 Å². The normalized spacial score (nSPS) is 15.6. The molecule has 0 radical (unpaired) electrons. The third kappa shape index (κ3) is 4.51. The number of hydrogen-bond acceptors (Lipinski definition) is 7. The third-order valence-electron chi connectivity index (χ3n) is 3.11. The van der Waals surface area contributed by atoms with Gasteiger partial charge in [-0.25, -0.2) is 9.59 Å². The van der Waals surface area contributed by atoms with E-state index in [0.29, 0.717) is 5.03 Å². The van der Waals surface area contributed by atoms with Crippen molar-refractivity contribution in [1.82, 2.24) is 4.90 Å². The van der Waals surface area contributed by atoms with Gasteiger partial charge in [-0.05, 0) is 19.1 Å². The zero-order chi connectivity index (χ0) is 17.5. The number of benzene rings is 1. The van der Waals surface area contributed by atoms with Crippen LogP contribution >= 0.6 is 11.8 Å². The Morgan fingerprint density at radius 3 is 2.79 bits per heavy atom. The average molecular weight is 351 g/mol. The second kappa shape index (κ2) is 8.39. The Labute approximate surface area is 143 Å². The Balaban J connectivity index is 1.92. The monoisotopic (exact) mass is 351 g/mol. The second-order valence-corrected chi connectivity index (χ2v) is 5.72. The van der Waals surface area contributed by atoms with E-state index in [-0.39, 0.29) is 42.7 Å². The summed E-state index contributed by atoms with van der Waals surface area (Å²) in [6.45, 7) is 2.01. The summed E-state index contributed by atoms with van der Waals surface area (Å²) in [5.41, 5.74) is 0.0573. The molecule has 1 aliphatic rings. The fraction of sp³-hybridized carbons (Fsp3) is 0.312. The second-order valence-electron chi connectivity index (χ2n) is 4.72. The zero-order valence-corrected chi connectivity index (χ0v) is 13.9. The standard InChI is InChI=1S/C16H17NO6S/c1-2-22-15(20)9-14-17(13(19)10-24-14)7-8-23-16(21)11-5-3-4-6-12(11)18/h3-6,9,18H,2,7-8,10H2,1H3/b14-9-. The van der Waals surface area contributed by atoms with Gasteiger partial charge in [-0.2, -0.15) is 0 Å². The van der Waals surface area contributed by atoms with Gasteiger partial charge in [0, 0.05) is 0 Å². The predicted octanol–water partition coefficient (Wildman–Crippen LogP) is 1.53. The Morgan fingerprint density at radius 2 is 2.08 bits per heavy atom. The van der Waals surface area contributed by atoms with Crippen molar-refractivity contribution in [1.29, 1.82) is 0 Å². The predicted molar refractivity (Wildman–Crippen MR) is 87.3 cm³/mol. The Hall–Kier alpha value is -2.48. The molecular weight excluding hydrogens is 334 g/mol. The number of carbonyl (C=O) groups is 3. The van der Waals surface area contributed by atoms with Gasteiger partial charge in [0.1, 0.15) is 17.9 Å². The lowest BCUT2D eigenvalue weighted by Gasteiger charge is -2.16. The van der Waals surface area contributed by atoms with Gasteiger partial charge in [0.05, 0.1) is 30.0 Å². The minimum absolute atomic E-state index is 0.0559. The first-order valence-electron chi connectivity index (χ1n) is 7.29. The number of aromatic hydroxyl groups is 1. The molecular formula is C16H17NO6S. The van der Waals surface area contributed by atoms with E-state index in [1.165, 1.54) is 34.9 Å². The molecule has 1 amide bonds. The van der Waals surface area contributed by atoms with Gasteiger partial charge < -0.3 is 19.5 Å². The number of carbonyl (C=O) groups excluding carboxylic acids is 3. The molecule has 8 heteroatoms. The number of phenols is 1. The maximum atomic E-state index is 11.9. The van der Waals surface area contributed by atoms with E-state index in [1.54, 1.807) is 19.1 Å². The van der Waals surface area contributed by atoms with E-state index in [1.807, 2.05) is 0 Å². The molecule has 0 atom stereocenters. The summed E-state index contributed by atoms with van der Waals surface area (Å²) in [5.74, 6) is -1.32. The number of phenolic OH excluding ortho intramolecular Hbond substituents is 1. The van der Waals surface area contributed by atoms with Gasteiger partial charge in [0.2, 0.25) is 5.91 Å². The van der Waals surface area contributed by atoms with Crippen molar-refractivity contribution in [3.8, 4) is 5.75 Å². The van der Waals surface area contributed by atoms with E-state index in [4.69, 9.17) is 9.47 Å². The molecule has 0 aliphatic carbocycles. The fourth-order valence-electron chi connectivity index (χ4n) is 2.01. The number of esters is 2. The summed E-state index contributed by atoms with van der Waals surface area (Å²) in [6.07, 6.45) is 1.25. The molecule has 1 aromatic rings. The summed E-state index contributed by atoms with van der Waals surface area (Å²) < 4.78 is 9.90. The molecule has 0 bridgehead atoms. The third-order valence-corrected chi connectivity index (χ3v) is 4.14. The van der Waals surface area contributed by atoms with Crippen molar-refractivity contribution in [3.63, 3.8) is 0 Å². The molecule has 1 aromatic carbocycles. The van der Waals surface area contributed by atoms with Crippen molar-refractivity contribution >= 4 is 29.6 Å². The van der Waals surface area contributed by atoms with Gasteiger partial charge in [-0.15, -0.1) is 0 Å². The Bertz CT molecular complexity index is 672. The molecule has 2 rings (SSSR count). The average Bonchev–Trinajstić information content (AvgIpc) is 2.88. The van der Waals surface area contributed by atoms with E-state index >= 15 is 0 Å². The van der Waals surface area contributed by atoms with Crippen LogP contribution in [0.4, 0.5) is 0 Å². The first kappa shape index (κ1) is 17.9. The summed E-state index contributed by atoms with van der Waals surface area (Å²) in [5, 5.41) is 10.1. The minimum atomic E-state index is -0.677. The smallest absolute Gasteiger partial charge is 0.341 e. The summed E-state index contributed by atoms with van der Waals surface area (Å²) in [4.78, 5) is 36.6. The highest BCUT2D eigenvalue weighted by molar-refractivity contribution is 8.04. The molecule has 0 saturated carbocycles. The number of nitrogens with zero attached hydrogens (tertiary/aromatic N) is 1. The first-order chi connectivity index (χ1) is 11.5. The molecule has 24 heavy (non-hydrogen) atoms. The Morgan fingerprint density at radius 1 is 1.33 bits per heavy atom. The molecule has 0 aromatic heterocycles. The molecule has 0 spiro atoms. The number of hydrogen-bond donors (Lipinski definition) is 1. The van der Waals surface area contributed by atoms with Crippen LogP contribution in [-0.2, 0) is 19.1 Å². The van der Waals surface area contributed by atoms with Gasteiger partial charge >= 0.3 is 11.9 Å². The Kier molecular flexibility index (Phi) is 6.25. The lowest BCUT2D eigenvalue weighted by Crippen LogP contribution is -2.29. The fourth-order valence-corrected chi connectivity index (χ4v) is 2.96. The van der Waals surface area contributed by atoms with Gasteiger partial charge in [0.25, 0.3) is 0 Å². The van der Waals surface area contributed by atoms with E-state index < -0.39 is 11.9 Å². The van der Waals surface area contributed by atoms with E-state index in [0.717, 1.165) is 0 Å². The lowest BCUT2D eigenvalue weighted by molar-refractivity contribution is -0.137. The van der Waals surface area contributed by atoms with Crippen LogP contribution in [0.15, 0.2) is 35.4 Å². The van der Waals surface area contributed by atoms with E-state index in [2.05, 4.69) is 0 Å². The van der Waals surface area contributed by atoms with Crippen LogP contribution < -0.4 is 0 Å². The van der Waals surface area contributed by atoms with Crippen LogP contribution in [0.25, 0.3) is 0 Å². The molecule has 1 fully saturated rings. The molecule has 1 heterocycles. The molecule has 1 aliphatic heterocycles. The lowest BCUT2D eigenvalue weighted by atomic mass is 10.2. The molecule has 7 nitrogen and oxygen atoms in total. The highest BCUT2D eigenvalue weighted by Gasteiger charge is 2.27. The number of amides is 1. The maximum absolute atomic E-state index is 11.9. The molecule has 1 saturated heterocycles. The van der Waals surface area contributed by atoms with Crippen LogP contribution in [0.3, 0.4) is 0 Å². The van der Waals surface area contributed by atoms with Crippen molar-refractivity contribution in [2.45, 2.75) is 6.92 Å². The van der Waals surface area contributed by atoms with Crippen molar-refractivity contribution < 1.29 is 29.0 Å².